The number of methoxy groups -OCH3 is 1. The third-order valence-electron chi connectivity index (χ3n) is 1.94. The monoisotopic (exact) mass is 231 g/mol. The molecule has 0 unspecified atom stereocenters. The van der Waals surface area contributed by atoms with Gasteiger partial charge < -0.3 is 15.6 Å². The number of carbonyl (C=O) groups excluding carboxylic acids is 1. The lowest BCUT2D eigenvalue weighted by atomic mass is 10.1. The Morgan fingerprint density at radius 3 is 2.47 bits per heavy atom. The molecule has 1 rings (SSSR count). The number of rotatable bonds is 3. The van der Waals surface area contributed by atoms with Crippen LogP contribution in [0.2, 0.25) is 0 Å². The Morgan fingerprint density at radius 1 is 1.47 bits per heavy atom. The van der Waals surface area contributed by atoms with E-state index in [1.807, 2.05) is 0 Å². The minimum absolute atomic E-state index is 0. The van der Waals surface area contributed by atoms with Crippen molar-refractivity contribution in [3.8, 4) is 5.75 Å². The molecule has 4 nitrogen and oxygen atoms in total. The average Bonchev–Trinajstić information content (AvgIpc) is 2.18. The first-order valence-electron chi connectivity index (χ1n) is 4.25. The third-order valence-corrected chi connectivity index (χ3v) is 1.94. The number of phenols is 1. The zero-order valence-corrected chi connectivity index (χ0v) is 9.16. The molecule has 0 heterocycles. The van der Waals surface area contributed by atoms with E-state index in [4.69, 9.17) is 10.8 Å². The van der Waals surface area contributed by atoms with Crippen molar-refractivity contribution in [3.63, 3.8) is 0 Å². The fourth-order valence-electron chi connectivity index (χ4n) is 1.10. The number of aromatic hydroxyl groups is 1. The molecule has 84 valence electrons. The molecular formula is C10H14ClNO3. The van der Waals surface area contributed by atoms with Crippen molar-refractivity contribution in [1.82, 2.24) is 0 Å². The van der Waals surface area contributed by atoms with Gasteiger partial charge in [0.05, 0.1) is 13.5 Å². The number of phenolic OH excluding ortho intramolecular Hbond substituents is 1. The fourth-order valence-corrected chi connectivity index (χ4v) is 1.10. The summed E-state index contributed by atoms with van der Waals surface area (Å²) in [6.45, 7) is 0. The molecule has 0 aromatic heterocycles. The highest BCUT2D eigenvalue weighted by Crippen LogP contribution is 2.17. The summed E-state index contributed by atoms with van der Waals surface area (Å²) in [7, 11) is 1.33. The summed E-state index contributed by atoms with van der Waals surface area (Å²) < 4.78 is 4.50. The molecule has 1 aromatic carbocycles. The molecule has 0 bridgehead atoms. The van der Waals surface area contributed by atoms with E-state index in [2.05, 4.69) is 4.74 Å². The number of hydrogen-bond acceptors (Lipinski definition) is 4. The zero-order valence-electron chi connectivity index (χ0n) is 8.34. The maximum atomic E-state index is 10.9. The molecule has 0 fully saturated rings. The van der Waals surface area contributed by atoms with Crippen LogP contribution in [0, 0.1) is 0 Å². The summed E-state index contributed by atoms with van der Waals surface area (Å²) in [5, 5.41) is 9.03. The molecule has 0 aliphatic rings. The Kier molecular flexibility index (Phi) is 5.74. The Balaban J connectivity index is 0.00000196. The molecule has 0 radical (unpaired) electrons. The van der Waals surface area contributed by atoms with Crippen LogP contribution in [0.5, 0.6) is 5.75 Å². The van der Waals surface area contributed by atoms with Crippen molar-refractivity contribution in [2.75, 3.05) is 7.11 Å². The summed E-state index contributed by atoms with van der Waals surface area (Å²) >= 11 is 0. The zero-order chi connectivity index (χ0) is 10.6. The second-order valence-corrected chi connectivity index (χ2v) is 2.98. The molecule has 0 spiro atoms. The number of carbonyl (C=O) groups is 1. The van der Waals surface area contributed by atoms with Crippen molar-refractivity contribution in [2.45, 2.75) is 12.5 Å². The predicted octanol–water partition coefficient (Wildman–Crippen LogP) is 1.38. The Hall–Kier alpha value is -1.26. The van der Waals surface area contributed by atoms with Gasteiger partial charge in [-0.3, -0.25) is 4.79 Å². The minimum Gasteiger partial charge on any atom is -0.508 e. The molecule has 0 saturated heterocycles. The quantitative estimate of drug-likeness (QED) is 0.771. The molecular weight excluding hydrogens is 218 g/mol. The van der Waals surface area contributed by atoms with E-state index in [9.17, 15) is 4.79 Å². The van der Waals surface area contributed by atoms with Gasteiger partial charge in [0.25, 0.3) is 0 Å². The first kappa shape index (κ1) is 13.7. The highest BCUT2D eigenvalue weighted by molar-refractivity contribution is 5.85. The number of benzene rings is 1. The van der Waals surface area contributed by atoms with E-state index in [1.54, 1.807) is 12.1 Å². The Labute approximate surface area is 94.5 Å². The van der Waals surface area contributed by atoms with Gasteiger partial charge in [0, 0.05) is 6.04 Å². The van der Waals surface area contributed by atoms with Gasteiger partial charge in [0.1, 0.15) is 5.75 Å². The summed E-state index contributed by atoms with van der Waals surface area (Å²) in [5.41, 5.74) is 6.54. The highest BCUT2D eigenvalue weighted by Gasteiger charge is 2.11. The predicted molar refractivity (Wildman–Crippen MR) is 58.9 cm³/mol. The lowest BCUT2D eigenvalue weighted by Gasteiger charge is -2.10. The van der Waals surface area contributed by atoms with Crippen LogP contribution in [0.25, 0.3) is 0 Å². The van der Waals surface area contributed by atoms with Crippen LogP contribution in [0.15, 0.2) is 24.3 Å². The third kappa shape index (κ3) is 4.18. The van der Waals surface area contributed by atoms with Gasteiger partial charge in [0.15, 0.2) is 0 Å². The maximum absolute atomic E-state index is 10.9. The fraction of sp³-hybridized carbons (Fsp3) is 0.300. The average molecular weight is 232 g/mol. The first-order valence-corrected chi connectivity index (χ1v) is 4.25. The topological polar surface area (TPSA) is 72.5 Å². The molecule has 0 aliphatic carbocycles. The first-order chi connectivity index (χ1) is 6.63. The Bertz CT molecular complexity index is 313. The van der Waals surface area contributed by atoms with Gasteiger partial charge in [-0.05, 0) is 17.7 Å². The van der Waals surface area contributed by atoms with Crippen molar-refractivity contribution < 1.29 is 14.6 Å². The molecule has 15 heavy (non-hydrogen) atoms. The second-order valence-electron chi connectivity index (χ2n) is 2.98. The standard InChI is InChI=1S/C10H13NO3.ClH/c1-14-10(13)6-9(11)7-2-4-8(12)5-3-7;/h2-5,9,12H,6,11H2,1H3;1H/t9-;/m1./s1. The lowest BCUT2D eigenvalue weighted by molar-refractivity contribution is -0.141. The minimum atomic E-state index is -0.386. The molecule has 3 N–H and O–H groups in total. The van der Waals surface area contributed by atoms with E-state index in [0.717, 1.165) is 5.56 Å². The van der Waals surface area contributed by atoms with Crippen molar-refractivity contribution in [3.05, 3.63) is 29.8 Å². The summed E-state index contributed by atoms with van der Waals surface area (Å²) in [4.78, 5) is 10.9. The largest absolute Gasteiger partial charge is 0.508 e. The van der Waals surface area contributed by atoms with Crippen molar-refractivity contribution in [2.24, 2.45) is 5.73 Å². The van der Waals surface area contributed by atoms with E-state index in [1.165, 1.54) is 19.2 Å². The van der Waals surface area contributed by atoms with E-state index >= 15 is 0 Å². The molecule has 0 amide bonds. The van der Waals surface area contributed by atoms with Gasteiger partial charge in [-0.2, -0.15) is 0 Å². The number of hydrogen-bond donors (Lipinski definition) is 2. The van der Waals surface area contributed by atoms with Crippen LogP contribution < -0.4 is 5.73 Å². The molecule has 1 aromatic rings. The number of halogens is 1. The number of ether oxygens (including phenoxy) is 1. The maximum Gasteiger partial charge on any atom is 0.307 e. The molecule has 1 atom stereocenters. The SMILES string of the molecule is COC(=O)C[C@@H](N)c1ccc(O)cc1.Cl. The number of esters is 1. The van der Waals surface area contributed by atoms with Crippen LogP contribution in [-0.2, 0) is 9.53 Å². The van der Waals surface area contributed by atoms with E-state index in [-0.39, 0.29) is 36.6 Å². The van der Waals surface area contributed by atoms with Gasteiger partial charge >= 0.3 is 5.97 Å². The van der Waals surface area contributed by atoms with Crippen LogP contribution in [0.1, 0.15) is 18.0 Å². The summed E-state index contributed by atoms with van der Waals surface area (Å²) in [6, 6.07) is 6.05. The normalized spacial score (nSPS) is 11.3. The van der Waals surface area contributed by atoms with E-state index < -0.39 is 0 Å². The lowest BCUT2D eigenvalue weighted by Crippen LogP contribution is -2.16. The summed E-state index contributed by atoms with van der Waals surface area (Å²) in [6.07, 6.45) is 0.140. The van der Waals surface area contributed by atoms with E-state index in [0.29, 0.717) is 0 Å². The van der Waals surface area contributed by atoms with Gasteiger partial charge in [-0.15, -0.1) is 12.4 Å². The molecule has 5 heteroatoms. The van der Waals surface area contributed by atoms with Gasteiger partial charge in [0.2, 0.25) is 0 Å². The van der Waals surface area contributed by atoms with Gasteiger partial charge in [-0.1, -0.05) is 12.1 Å². The smallest absolute Gasteiger partial charge is 0.307 e. The summed E-state index contributed by atoms with van der Waals surface area (Å²) in [5.74, 6) is -0.162. The number of nitrogens with two attached hydrogens (primary N) is 1. The van der Waals surface area contributed by atoms with Gasteiger partial charge in [-0.25, -0.2) is 0 Å². The van der Waals surface area contributed by atoms with Crippen molar-refractivity contribution >= 4 is 18.4 Å². The second kappa shape index (κ2) is 6.27. The highest BCUT2D eigenvalue weighted by atomic mass is 35.5. The van der Waals surface area contributed by atoms with Crippen LogP contribution >= 0.6 is 12.4 Å². The molecule has 0 aliphatic heterocycles. The van der Waals surface area contributed by atoms with Crippen molar-refractivity contribution in [1.29, 1.82) is 0 Å². The van der Waals surface area contributed by atoms with Crippen LogP contribution in [0.3, 0.4) is 0 Å². The van der Waals surface area contributed by atoms with Crippen LogP contribution in [0.4, 0.5) is 0 Å². The Morgan fingerprint density at radius 2 is 2.00 bits per heavy atom. The van der Waals surface area contributed by atoms with Crippen LogP contribution in [-0.4, -0.2) is 18.2 Å². The molecule has 0 saturated carbocycles.